The number of nitrogens with zero attached hydrogens (tertiary/aromatic N) is 1. The SMILES string of the molecule is C=CCN(C)S(=O)(=O)c1cc(CNC)cc(C)c1C. The third kappa shape index (κ3) is 3.43. The van der Waals surface area contributed by atoms with Crippen LogP contribution in [-0.2, 0) is 16.6 Å². The first-order valence-corrected chi connectivity index (χ1v) is 7.60. The molecule has 1 rings (SSSR count). The van der Waals surface area contributed by atoms with Crippen LogP contribution in [0.2, 0.25) is 0 Å². The Morgan fingerprint density at radius 1 is 1.37 bits per heavy atom. The summed E-state index contributed by atoms with van der Waals surface area (Å²) in [6, 6.07) is 3.76. The van der Waals surface area contributed by atoms with Crippen LogP contribution in [0, 0.1) is 13.8 Å². The summed E-state index contributed by atoms with van der Waals surface area (Å²) in [5, 5.41) is 3.04. The lowest BCUT2D eigenvalue weighted by molar-refractivity contribution is 0.498. The molecule has 5 heteroatoms. The van der Waals surface area contributed by atoms with E-state index in [0.717, 1.165) is 16.7 Å². The summed E-state index contributed by atoms with van der Waals surface area (Å²) in [5.74, 6) is 0. The molecule has 0 saturated heterocycles. The number of aryl methyl sites for hydroxylation is 1. The second kappa shape index (κ2) is 6.32. The molecule has 0 radical (unpaired) electrons. The number of hydrogen-bond acceptors (Lipinski definition) is 3. The van der Waals surface area contributed by atoms with Gasteiger partial charge < -0.3 is 5.32 Å². The fourth-order valence-corrected chi connectivity index (χ4v) is 3.41. The Morgan fingerprint density at radius 3 is 2.53 bits per heavy atom. The van der Waals surface area contributed by atoms with Crippen molar-refractivity contribution >= 4 is 10.0 Å². The maximum atomic E-state index is 12.5. The Hall–Kier alpha value is -1.17. The average Bonchev–Trinajstić information content (AvgIpc) is 2.34. The molecule has 1 N–H and O–H groups in total. The molecule has 0 aliphatic rings. The Morgan fingerprint density at radius 2 is 2.00 bits per heavy atom. The minimum absolute atomic E-state index is 0.303. The predicted molar refractivity (Wildman–Crippen MR) is 78.7 cm³/mol. The van der Waals surface area contributed by atoms with Crippen molar-refractivity contribution in [2.75, 3.05) is 20.6 Å². The van der Waals surface area contributed by atoms with E-state index < -0.39 is 10.0 Å². The van der Waals surface area contributed by atoms with E-state index in [2.05, 4.69) is 11.9 Å². The minimum atomic E-state index is -3.46. The van der Waals surface area contributed by atoms with Crippen molar-refractivity contribution < 1.29 is 8.42 Å². The highest BCUT2D eigenvalue weighted by Crippen LogP contribution is 2.23. The minimum Gasteiger partial charge on any atom is -0.316 e. The lowest BCUT2D eigenvalue weighted by Crippen LogP contribution is -2.28. The van der Waals surface area contributed by atoms with E-state index in [1.807, 2.05) is 27.0 Å². The van der Waals surface area contributed by atoms with E-state index >= 15 is 0 Å². The maximum absolute atomic E-state index is 12.5. The molecule has 0 aromatic heterocycles. The van der Waals surface area contributed by atoms with E-state index in [-0.39, 0.29) is 0 Å². The number of likely N-dealkylation sites (N-methyl/N-ethyl adjacent to an activating group) is 1. The highest BCUT2D eigenvalue weighted by atomic mass is 32.2. The second-order valence-electron chi connectivity index (χ2n) is 4.64. The van der Waals surface area contributed by atoms with Crippen LogP contribution in [0.3, 0.4) is 0 Å². The third-order valence-corrected chi connectivity index (χ3v) is 5.08. The molecule has 0 bridgehead atoms. The van der Waals surface area contributed by atoms with Crippen LogP contribution in [-0.4, -0.2) is 33.4 Å². The van der Waals surface area contributed by atoms with Gasteiger partial charge >= 0.3 is 0 Å². The zero-order valence-corrected chi connectivity index (χ0v) is 12.8. The van der Waals surface area contributed by atoms with Crippen molar-refractivity contribution in [2.45, 2.75) is 25.3 Å². The van der Waals surface area contributed by atoms with Gasteiger partial charge in [-0.3, -0.25) is 0 Å². The van der Waals surface area contributed by atoms with Crippen LogP contribution in [0.15, 0.2) is 29.7 Å². The monoisotopic (exact) mass is 282 g/mol. The quantitative estimate of drug-likeness (QED) is 0.810. The molecule has 0 amide bonds. The van der Waals surface area contributed by atoms with Gasteiger partial charge in [-0.1, -0.05) is 12.1 Å². The summed E-state index contributed by atoms with van der Waals surface area (Å²) in [5.41, 5.74) is 2.75. The first-order valence-electron chi connectivity index (χ1n) is 6.16. The van der Waals surface area contributed by atoms with Gasteiger partial charge in [-0.05, 0) is 43.7 Å². The zero-order chi connectivity index (χ0) is 14.6. The van der Waals surface area contributed by atoms with Gasteiger partial charge in [0.2, 0.25) is 10.0 Å². The van der Waals surface area contributed by atoms with Gasteiger partial charge in [0.15, 0.2) is 0 Å². The molecule has 0 saturated carbocycles. The molecule has 4 nitrogen and oxygen atoms in total. The summed E-state index contributed by atoms with van der Waals surface area (Å²) in [6.07, 6.45) is 1.58. The maximum Gasteiger partial charge on any atom is 0.243 e. The number of benzene rings is 1. The smallest absolute Gasteiger partial charge is 0.243 e. The van der Waals surface area contributed by atoms with Gasteiger partial charge in [0, 0.05) is 20.1 Å². The summed E-state index contributed by atoms with van der Waals surface area (Å²) in [4.78, 5) is 0.377. The van der Waals surface area contributed by atoms with Crippen LogP contribution in [0.4, 0.5) is 0 Å². The number of rotatable bonds is 6. The molecule has 0 aliphatic carbocycles. The van der Waals surface area contributed by atoms with Crippen LogP contribution >= 0.6 is 0 Å². The first-order chi connectivity index (χ1) is 8.84. The van der Waals surface area contributed by atoms with E-state index in [0.29, 0.717) is 18.0 Å². The number of hydrogen-bond donors (Lipinski definition) is 1. The van der Waals surface area contributed by atoms with Gasteiger partial charge in [-0.25, -0.2) is 8.42 Å². The van der Waals surface area contributed by atoms with Crippen molar-refractivity contribution in [1.82, 2.24) is 9.62 Å². The number of nitrogens with one attached hydrogen (secondary N) is 1. The summed E-state index contributed by atoms with van der Waals surface area (Å²) in [7, 11) is -0.0543. The molecular formula is C14H22N2O2S. The van der Waals surface area contributed by atoms with Gasteiger partial charge in [0.05, 0.1) is 4.90 Å². The van der Waals surface area contributed by atoms with Gasteiger partial charge in [0.1, 0.15) is 0 Å². The zero-order valence-electron chi connectivity index (χ0n) is 12.0. The molecule has 106 valence electrons. The third-order valence-electron chi connectivity index (χ3n) is 3.13. The lowest BCUT2D eigenvalue weighted by Gasteiger charge is -2.19. The highest BCUT2D eigenvalue weighted by Gasteiger charge is 2.23. The molecule has 0 aliphatic heterocycles. The molecule has 0 atom stereocenters. The highest BCUT2D eigenvalue weighted by molar-refractivity contribution is 7.89. The summed E-state index contributed by atoms with van der Waals surface area (Å²) < 4.78 is 26.3. The molecule has 0 fully saturated rings. The van der Waals surface area contributed by atoms with Crippen LogP contribution < -0.4 is 5.32 Å². The summed E-state index contributed by atoms with van der Waals surface area (Å²) >= 11 is 0. The molecule has 19 heavy (non-hydrogen) atoms. The van der Waals surface area contributed by atoms with Crippen LogP contribution in [0.25, 0.3) is 0 Å². The number of sulfonamides is 1. The van der Waals surface area contributed by atoms with Gasteiger partial charge in [0.25, 0.3) is 0 Å². The molecule has 0 unspecified atom stereocenters. The Bertz CT molecular complexity index is 565. The first kappa shape index (κ1) is 15.9. The Kier molecular flexibility index (Phi) is 5.29. The molecular weight excluding hydrogens is 260 g/mol. The van der Waals surface area contributed by atoms with E-state index in [9.17, 15) is 8.42 Å². The average molecular weight is 282 g/mol. The predicted octanol–water partition coefficient (Wildman–Crippen LogP) is 1.83. The fraction of sp³-hybridized carbons (Fsp3) is 0.429. The van der Waals surface area contributed by atoms with E-state index in [4.69, 9.17) is 0 Å². The second-order valence-corrected chi connectivity index (χ2v) is 6.65. The van der Waals surface area contributed by atoms with E-state index in [1.54, 1.807) is 19.2 Å². The molecule has 0 heterocycles. The normalized spacial score (nSPS) is 11.8. The van der Waals surface area contributed by atoms with Crippen LogP contribution in [0.1, 0.15) is 16.7 Å². The van der Waals surface area contributed by atoms with Crippen molar-refractivity contribution in [2.24, 2.45) is 0 Å². The topological polar surface area (TPSA) is 49.4 Å². The van der Waals surface area contributed by atoms with Gasteiger partial charge in [-0.15, -0.1) is 6.58 Å². The van der Waals surface area contributed by atoms with Gasteiger partial charge in [-0.2, -0.15) is 4.31 Å². The van der Waals surface area contributed by atoms with Crippen molar-refractivity contribution in [3.05, 3.63) is 41.5 Å². The largest absolute Gasteiger partial charge is 0.316 e. The standard InChI is InChI=1S/C14H22N2O2S/c1-6-7-16(5)19(17,18)14-9-13(10-15-4)8-11(2)12(14)3/h6,8-9,15H,1,7,10H2,2-5H3. The molecule has 1 aromatic rings. The summed E-state index contributed by atoms with van der Waals surface area (Å²) in [6.45, 7) is 8.30. The molecule has 1 aromatic carbocycles. The van der Waals surface area contributed by atoms with Crippen LogP contribution in [0.5, 0.6) is 0 Å². The van der Waals surface area contributed by atoms with Crippen molar-refractivity contribution in [3.63, 3.8) is 0 Å². The molecule has 0 spiro atoms. The van der Waals surface area contributed by atoms with E-state index in [1.165, 1.54) is 4.31 Å². The Labute approximate surface area is 116 Å². The fourth-order valence-electron chi connectivity index (χ4n) is 1.92. The van der Waals surface area contributed by atoms with Crippen molar-refractivity contribution in [3.8, 4) is 0 Å². The Balaban J connectivity index is 3.36. The van der Waals surface area contributed by atoms with Crippen molar-refractivity contribution in [1.29, 1.82) is 0 Å². The lowest BCUT2D eigenvalue weighted by atomic mass is 10.1.